The van der Waals surface area contributed by atoms with Crippen LogP contribution in [0.4, 0.5) is 4.39 Å². The van der Waals surface area contributed by atoms with Gasteiger partial charge in [0.15, 0.2) is 0 Å². The van der Waals surface area contributed by atoms with Crippen molar-refractivity contribution in [2.75, 3.05) is 19.6 Å². The molecule has 2 unspecified atom stereocenters. The molecule has 0 aromatic heterocycles. The van der Waals surface area contributed by atoms with Crippen LogP contribution >= 0.6 is 0 Å². The molecule has 1 saturated carbocycles. The lowest BCUT2D eigenvalue weighted by atomic mass is 10.1. The summed E-state index contributed by atoms with van der Waals surface area (Å²) < 4.78 is 12.9. The summed E-state index contributed by atoms with van der Waals surface area (Å²) in [4.78, 5) is 12.1. The van der Waals surface area contributed by atoms with Crippen LogP contribution in [0.25, 0.3) is 0 Å². The summed E-state index contributed by atoms with van der Waals surface area (Å²) in [5, 5.41) is 6.27. The summed E-state index contributed by atoms with van der Waals surface area (Å²) in [6, 6.07) is 6.48. The van der Waals surface area contributed by atoms with Gasteiger partial charge in [0.25, 0.3) is 0 Å². The third-order valence-electron chi connectivity index (χ3n) is 4.07. The fourth-order valence-corrected chi connectivity index (χ4v) is 2.73. The maximum absolute atomic E-state index is 12.9. The fraction of sp³-hybridized carbons (Fsp3) is 0.438. The second-order valence-corrected chi connectivity index (χ2v) is 5.53. The molecule has 1 aliphatic heterocycles. The first kappa shape index (κ1) is 13.3. The number of amides is 1. The summed E-state index contributed by atoms with van der Waals surface area (Å²) in [6.45, 7) is 2.54. The van der Waals surface area contributed by atoms with E-state index < -0.39 is 0 Å². The first-order valence-corrected chi connectivity index (χ1v) is 7.16. The van der Waals surface area contributed by atoms with Crippen LogP contribution in [-0.2, 0) is 4.79 Å². The average molecular weight is 274 g/mol. The summed E-state index contributed by atoms with van der Waals surface area (Å²) in [5.41, 5.74) is 2.36. The van der Waals surface area contributed by atoms with Gasteiger partial charge < -0.3 is 10.6 Å². The summed E-state index contributed by atoms with van der Waals surface area (Å²) >= 11 is 0. The molecular formula is C16H19FN2O. The van der Waals surface area contributed by atoms with Crippen molar-refractivity contribution in [3.8, 4) is 0 Å². The number of carbonyl (C=O) groups excluding carboxylic acids is 1. The Morgan fingerprint density at radius 3 is 2.85 bits per heavy atom. The van der Waals surface area contributed by atoms with E-state index in [-0.39, 0.29) is 23.6 Å². The molecule has 1 aromatic carbocycles. The van der Waals surface area contributed by atoms with Gasteiger partial charge in [-0.2, -0.15) is 0 Å². The molecule has 1 aromatic rings. The molecule has 3 rings (SSSR count). The molecule has 0 spiro atoms. The number of benzene rings is 1. The van der Waals surface area contributed by atoms with E-state index in [1.54, 1.807) is 12.1 Å². The van der Waals surface area contributed by atoms with Crippen molar-refractivity contribution in [2.24, 2.45) is 5.92 Å². The zero-order chi connectivity index (χ0) is 13.9. The van der Waals surface area contributed by atoms with E-state index in [1.807, 2.05) is 0 Å². The molecule has 3 nitrogen and oxygen atoms in total. The van der Waals surface area contributed by atoms with Crippen molar-refractivity contribution in [3.63, 3.8) is 0 Å². The zero-order valence-corrected chi connectivity index (χ0v) is 11.4. The highest BCUT2D eigenvalue weighted by Crippen LogP contribution is 2.47. The lowest BCUT2D eigenvalue weighted by molar-refractivity contribution is -0.122. The quantitative estimate of drug-likeness (QED) is 0.824. The van der Waals surface area contributed by atoms with Gasteiger partial charge in [0, 0.05) is 19.0 Å². The van der Waals surface area contributed by atoms with E-state index >= 15 is 0 Å². The van der Waals surface area contributed by atoms with Gasteiger partial charge in [-0.15, -0.1) is 0 Å². The lowest BCUT2D eigenvalue weighted by Crippen LogP contribution is -2.30. The van der Waals surface area contributed by atoms with Crippen molar-refractivity contribution in [1.29, 1.82) is 0 Å². The van der Waals surface area contributed by atoms with E-state index in [1.165, 1.54) is 17.7 Å². The molecule has 2 atom stereocenters. The smallest absolute Gasteiger partial charge is 0.224 e. The highest BCUT2D eigenvalue weighted by Gasteiger charge is 2.43. The molecular weight excluding hydrogens is 255 g/mol. The minimum atomic E-state index is -0.228. The standard InChI is InChI=1S/C16H19FN2O/c17-13-3-1-12(2-4-13)14-9-15(14)16(20)19-10-11-5-7-18-8-6-11/h1-5,14-15,18H,6-10H2,(H,19,20). The van der Waals surface area contributed by atoms with Gasteiger partial charge in [0.1, 0.15) is 5.82 Å². The Bertz CT molecular complexity index is 524. The molecule has 106 valence electrons. The minimum absolute atomic E-state index is 0.0581. The van der Waals surface area contributed by atoms with Crippen LogP contribution in [0.3, 0.4) is 0 Å². The predicted octanol–water partition coefficient (Wildman–Crippen LogP) is 1.97. The number of carbonyl (C=O) groups is 1. The first-order chi connectivity index (χ1) is 9.74. The molecule has 1 aliphatic carbocycles. The molecule has 1 heterocycles. The first-order valence-electron chi connectivity index (χ1n) is 7.16. The van der Waals surface area contributed by atoms with Gasteiger partial charge in [-0.05, 0) is 43.0 Å². The zero-order valence-electron chi connectivity index (χ0n) is 11.4. The third-order valence-corrected chi connectivity index (χ3v) is 4.07. The van der Waals surface area contributed by atoms with Crippen LogP contribution in [-0.4, -0.2) is 25.5 Å². The largest absolute Gasteiger partial charge is 0.352 e. The van der Waals surface area contributed by atoms with Gasteiger partial charge in [-0.3, -0.25) is 4.79 Å². The molecule has 2 N–H and O–H groups in total. The van der Waals surface area contributed by atoms with Gasteiger partial charge >= 0.3 is 0 Å². The van der Waals surface area contributed by atoms with Crippen molar-refractivity contribution in [1.82, 2.24) is 10.6 Å². The Morgan fingerprint density at radius 1 is 1.35 bits per heavy atom. The molecule has 2 aliphatic rings. The summed E-state index contributed by atoms with van der Waals surface area (Å²) in [6.07, 6.45) is 4.03. The second-order valence-electron chi connectivity index (χ2n) is 5.53. The number of hydrogen-bond acceptors (Lipinski definition) is 2. The average Bonchev–Trinajstić information content (AvgIpc) is 3.27. The van der Waals surface area contributed by atoms with Crippen molar-refractivity contribution < 1.29 is 9.18 Å². The van der Waals surface area contributed by atoms with E-state index in [2.05, 4.69) is 16.7 Å². The maximum Gasteiger partial charge on any atom is 0.224 e. The van der Waals surface area contributed by atoms with Gasteiger partial charge in [-0.25, -0.2) is 4.39 Å². The Hall–Kier alpha value is -1.68. The normalized spacial score (nSPS) is 24.9. The van der Waals surface area contributed by atoms with Crippen molar-refractivity contribution in [3.05, 3.63) is 47.3 Å². The van der Waals surface area contributed by atoms with E-state index in [0.717, 1.165) is 31.5 Å². The van der Waals surface area contributed by atoms with Gasteiger partial charge in [0.2, 0.25) is 5.91 Å². The molecule has 0 saturated heterocycles. The topological polar surface area (TPSA) is 41.1 Å². The third kappa shape index (κ3) is 3.07. The Kier molecular flexibility index (Phi) is 3.83. The SMILES string of the molecule is O=C(NCC1=CCNCC1)C1CC1c1ccc(F)cc1. The molecule has 20 heavy (non-hydrogen) atoms. The Morgan fingerprint density at radius 2 is 2.15 bits per heavy atom. The minimum Gasteiger partial charge on any atom is -0.352 e. The Balaban J connectivity index is 1.50. The van der Waals surface area contributed by atoms with E-state index in [0.29, 0.717) is 6.54 Å². The second kappa shape index (κ2) is 5.75. The highest BCUT2D eigenvalue weighted by molar-refractivity contribution is 5.83. The number of rotatable bonds is 4. The van der Waals surface area contributed by atoms with E-state index in [9.17, 15) is 9.18 Å². The number of nitrogens with one attached hydrogen (secondary N) is 2. The molecule has 1 amide bonds. The molecule has 0 bridgehead atoms. The van der Waals surface area contributed by atoms with Crippen LogP contribution in [0.5, 0.6) is 0 Å². The molecule has 1 fully saturated rings. The highest BCUT2D eigenvalue weighted by atomic mass is 19.1. The monoisotopic (exact) mass is 274 g/mol. The van der Waals surface area contributed by atoms with Crippen LogP contribution in [0.15, 0.2) is 35.9 Å². The summed E-state index contributed by atoms with van der Waals surface area (Å²) in [7, 11) is 0. The summed E-state index contributed by atoms with van der Waals surface area (Å²) in [5.74, 6) is 0.215. The lowest BCUT2D eigenvalue weighted by Gasteiger charge is -2.14. The maximum atomic E-state index is 12.9. The van der Waals surface area contributed by atoms with Crippen molar-refractivity contribution in [2.45, 2.75) is 18.8 Å². The fourth-order valence-electron chi connectivity index (χ4n) is 2.73. The number of halogens is 1. The van der Waals surface area contributed by atoms with Gasteiger partial charge in [-0.1, -0.05) is 23.8 Å². The van der Waals surface area contributed by atoms with Gasteiger partial charge in [0.05, 0.1) is 0 Å². The number of hydrogen-bond donors (Lipinski definition) is 2. The molecule has 4 heteroatoms. The van der Waals surface area contributed by atoms with E-state index in [4.69, 9.17) is 0 Å². The van der Waals surface area contributed by atoms with Crippen LogP contribution < -0.4 is 10.6 Å². The molecule has 0 radical (unpaired) electrons. The van der Waals surface area contributed by atoms with Crippen LogP contribution in [0.2, 0.25) is 0 Å². The van der Waals surface area contributed by atoms with Crippen LogP contribution in [0, 0.1) is 11.7 Å². The van der Waals surface area contributed by atoms with Crippen molar-refractivity contribution >= 4 is 5.91 Å². The van der Waals surface area contributed by atoms with Crippen LogP contribution in [0.1, 0.15) is 24.3 Å². The predicted molar refractivity (Wildman–Crippen MR) is 75.8 cm³/mol. The Labute approximate surface area is 118 Å².